The van der Waals surface area contributed by atoms with Crippen LogP contribution in [-0.4, -0.2) is 52.5 Å². The molecule has 0 unspecified atom stereocenters. The van der Waals surface area contributed by atoms with Gasteiger partial charge in [-0.1, -0.05) is 0 Å². The monoisotopic (exact) mass is 403 g/mol. The van der Waals surface area contributed by atoms with E-state index < -0.39 is 11.9 Å². The van der Waals surface area contributed by atoms with Crippen molar-refractivity contribution in [3.05, 3.63) is 21.7 Å². The quantitative estimate of drug-likeness (QED) is 0.473. The predicted molar refractivity (Wildman–Crippen MR) is 110 cm³/mol. The first-order valence-corrected chi connectivity index (χ1v) is 10.3. The van der Waals surface area contributed by atoms with E-state index in [0.717, 1.165) is 47.4 Å². The van der Waals surface area contributed by atoms with Crippen LogP contribution >= 0.6 is 11.3 Å². The number of thiophene rings is 1. The summed E-state index contributed by atoms with van der Waals surface area (Å²) in [5.41, 5.74) is 3.09. The molecule has 1 N–H and O–H groups in total. The minimum Gasteiger partial charge on any atom is -0.477 e. The Morgan fingerprint density at radius 2 is 1.86 bits per heavy atom. The zero-order valence-corrected chi connectivity index (χ0v) is 17.5. The molecule has 0 spiro atoms. The van der Waals surface area contributed by atoms with Gasteiger partial charge >= 0.3 is 11.9 Å². The van der Waals surface area contributed by atoms with Crippen LogP contribution in [0, 0.1) is 20.8 Å². The highest BCUT2D eigenvalue weighted by molar-refractivity contribution is 7.21. The van der Waals surface area contributed by atoms with E-state index in [2.05, 4.69) is 9.98 Å². The Labute approximate surface area is 168 Å². The zero-order chi connectivity index (χ0) is 20.4. The molecule has 2 aromatic rings. The van der Waals surface area contributed by atoms with Crippen molar-refractivity contribution >= 4 is 45.0 Å². The third-order valence-corrected chi connectivity index (χ3v) is 6.20. The van der Waals surface area contributed by atoms with Crippen molar-refractivity contribution in [3.8, 4) is 0 Å². The molecule has 0 saturated carbocycles. The lowest BCUT2D eigenvalue weighted by atomic mass is 10.1. The molecule has 0 radical (unpaired) electrons. The number of ether oxygens (including phenoxy) is 1. The minimum atomic E-state index is -1.07. The molecule has 28 heavy (non-hydrogen) atoms. The SMILES string of the molecule is CCOC(=O)C(=Nc1c(C(=O)O)sc2nc(C)c(C)c(C)c12)N1CCCCC1. The Bertz CT molecular complexity index is 958. The van der Waals surface area contributed by atoms with Gasteiger partial charge in [-0.3, -0.25) is 0 Å². The van der Waals surface area contributed by atoms with Crippen LogP contribution in [-0.2, 0) is 9.53 Å². The molecule has 3 heterocycles. The molecule has 0 bridgehead atoms. The van der Waals surface area contributed by atoms with E-state index in [4.69, 9.17) is 4.74 Å². The summed E-state index contributed by atoms with van der Waals surface area (Å²) < 4.78 is 5.22. The largest absolute Gasteiger partial charge is 0.477 e. The van der Waals surface area contributed by atoms with Gasteiger partial charge in [0.05, 0.1) is 6.61 Å². The number of esters is 1. The number of aliphatic imine (C=N–C) groups is 1. The van der Waals surface area contributed by atoms with E-state index in [9.17, 15) is 14.7 Å². The molecular weight excluding hydrogens is 378 g/mol. The van der Waals surface area contributed by atoms with Crippen molar-refractivity contribution in [2.24, 2.45) is 4.99 Å². The summed E-state index contributed by atoms with van der Waals surface area (Å²) in [7, 11) is 0. The van der Waals surface area contributed by atoms with E-state index in [1.807, 2.05) is 25.7 Å². The summed E-state index contributed by atoms with van der Waals surface area (Å²) in [6.07, 6.45) is 3.04. The zero-order valence-electron chi connectivity index (χ0n) is 16.7. The first-order valence-electron chi connectivity index (χ1n) is 9.49. The molecule has 2 aromatic heterocycles. The number of hydrogen-bond donors (Lipinski definition) is 1. The Hall–Kier alpha value is -2.48. The van der Waals surface area contributed by atoms with Crippen LogP contribution in [0.2, 0.25) is 0 Å². The number of pyridine rings is 1. The molecule has 150 valence electrons. The summed E-state index contributed by atoms with van der Waals surface area (Å²) in [4.78, 5) is 36.3. The van der Waals surface area contributed by atoms with Crippen molar-refractivity contribution in [3.63, 3.8) is 0 Å². The molecule has 0 aliphatic carbocycles. The van der Waals surface area contributed by atoms with Gasteiger partial charge < -0.3 is 14.7 Å². The van der Waals surface area contributed by atoms with Crippen LogP contribution in [0.5, 0.6) is 0 Å². The first kappa shape index (κ1) is 20.3. The van der Waals surface area contributed by atoms with Crippen molar-refractivity contribution in [2.75, 3.05) is 19.7 Å². The summed E-state index contributed by atoms with van der Waals surface area (Å²) in [5.74, 6) is -1.41. The fourth-order valence-corrected chi connectivity index (χ4v) is 4.49. The number of hydrogen-bond acceptors (Lipinski definition) is 6. The smallest absolute Gasteiger partial charge is 0.374 e. The average Bonchev–Trinajstić information content (AvgIpc) is 3.03. The maximum Gasteiger partial charge on any atom is 0.374 e. The van der Waals surface area contributed by atoms with E-state index in [1.165, 1.54) is 0 Å². The number of fused-ring (bicyclic) bond motifs is 1. The number of rotatable bonds is 3. The number of likely N-dealkylation sites (tertiary alicyclic amines) is 1. The number of aryl methyl sites for hydroxylation is 2. The Morgan fingerprint density at radius 3 is 2.46 bits per heavy atom. The number of aromatic carboxylic acids is 1. The number of carbonyl (C=O) groups excluding carboxylic acids is 1. The Morgan fingerprint density at radius 1 is 1.18 bits per heavy atom. The van der Waals surface area contributed by atoms with E-state index in [1.54, 1.807) is 6.92 Å². The van der Waals surface area contributed by atoms with E-state index in [0.29, 0.717) is 29.0 Å². The second-order valence-electron chi connectivity index (χ2n) is 6.92. The summed E-state index contributed by atoms with van der Waals surface area (Å²) in [6, 6.07) is 0. The highest BCUT2D eigenvalue weighted by atomic mass is 32.1. The van der Waals surface area contributed by atoms with Crippen LogP contribution in [0.25, 0.3) is 10.2 Å². The standard InChI is InChI=1S/C20H25N3O4S/c1-5-27-20(26)17(23-9-7-6-8-10-23)22-15-14-12(3)11(2)13(4)21-18(14)28-16(15)19(24)25/h5-10H2,1-4H3,(H,24,25). The van der Waals surface area contributed by atoms with E-state index >= 15 is 0 Å². The van der Waals surface area contributed by atoms with Crippen molar-refractivity contribution in [2.45, 2.75) is 47.0 Å². The fraction of sp³-hybridized carbons (Fsp3) is 0.500. The number of amidine groups is 1. The van der Waals surface area contributed by atoms with Crippen LogP contribution in [0.3, 0.4) is 0 Å². The second-order valence-corrected chi connectivity index (χ2v) is 7.91. The molecular formula is C20H25N3O4S. The molecule has 8 heteroatoms. The van der Waals surface area contributed by atoms with Gasteiger partial charge in [0.15, 0.2) is 0 Å². The topological polar surface area (TPSA) is 92.1 Å². The number of piperidine rings is 1. The highest BCUT2D eigenvalue weighted by Crippen LogP contribution is 2.40. The fourth-order valence-electron chi connectivity index (χ4n) is 3.43. The van der Waals surface area contributed by atoms with Crippen molar-refractivity contribution < 1.29 is 19.4 Å². The van der Waals surface area contributed by atoms with Crippen LogP contribution in [0.4, 0.5) is 5.69 Å². The van der Waals surface area contributed by atoms with Gasteiger partial charge in [0.2, 0.25) is 5.84 Å². The minimum absolute atomic E-state index is 0.0920. The van der Waals surface area contributed by atoms with Gasteiger partial charge in [0.1, 0.15) is 15.4 Å². The predicted octanol–water partition coefficient (Wildman–Crippen LogP) is 4.00. The molecule has 1 aliphatic rings. The molecule has 0 aromatic carbocycles. The maximum atomic E-state index is 12.6. The highest BCUT2D eigenvalue weighted by Gasteiger charge is 2.27. The van der Waals surface area contributed by atoms with Crippen molar-refractivity contribution in [1.29, 1.82) is 0 Å². The molecule has 0 atom stereocenters. The molecule has 1 saturated heterocycles. The van der Waals surface area contributed by atoms with Gasteiger partial charge in [-0.05, 0) is 58.1 Å². The Kier molecular flexibility index (Phi) is 5.98. The van der Waals surface area contributed by atoms with Gasteiger partial charge in [-0.2, -0.15) is 0 Å². The van der Waals surface area contributed by atoms with Crippen LogP contribution in [0.15, 0.2) is 4.99 Å². The molecule has 1 fully saturated rings. The molecule has 1 aliphatic heterocycles. The normalized spacial score (nSPS) is 15.1. The lowest BCUT2D eigenvalue weighted by Gasteiger charge is -2.28. The lowest BCUT2D eigenvalue weighted by Crippen LogP contribution is -2.41. The molecule has 0 amide bonds. The van der Waals surface area contributed by atoms with E-state index in [-0.39, 0.29) is 17.3 Å². The van der Waals surface area contributed by atoms with Crippen molar-refractivity contribution in [1.82, 2.24) is 9.88 Å². The van der Waals surface area contributed by atoms with Gasteiger partial charge in [0.25, 0.3) is 0 Å². The number of carbonyl (C=O) groups is 2. The third-order valence-electron chi connectivity index (χ3n) is 5.14. The van der Waals surface area contributed by atoms with Gasteiger partial charge in [-0.25, -0.2) is 19.6 Å². The first-order chi connectivity index (χ1) is 13.3. The average molecular weight is 404 g/mol. The lowest BCUT2D eigenvalue weighted by molar-refractivity contribution is -0.135. The maximum absolute atomic E-state index is 12.6. The number of nitrogens with zero attached hydrogens (tertiary/aromatic N) is 3. The van der Waals surface area contributed by atoms with Gasteiger partial charge in [0, 0.05) is 24.2 Å². The third kappa shape index (κ3) is 3.73. The number of carboxylic acid groups (broad SMARTS) is 1. The second kappa shape index (κ2) is 8.26. The number of aromatic nitrogens is 1. The summed E-state index contributed by atoms with van der Waals surface area (Å²) in [6.45, 7) is 9.20. The Balaban J connectivity index is 2.25. The summed E-state index contributed by atoms with van der Waals surface area (Å²) >= 11 is 1.09. The van der Waals surface area contributed by atoms with Crippen LogP contribution in [0.1, 0.15) is 52.7 Å². The molecule has 3 rings (SSSR count). The summed E-state index contributed by atoms with van der Waals surface area (Å²) in [5, 5.41) is 10.4. The van der Waals surface area contributed by atoms with Gasteiger partial charge in [-0.15, -0.1) is 11.3 Å². The van der Waals surface area contributed by atoms with Crippen LogP contribution < -0.4 is 0 Å². The number of carboxylic acids is 1. The molecule has 7 nitrogen and oxygen atoms in total.